The summed E-state index contributed by atoms with van der Waals surface area (Å²) >= 11 is 9.54. The van der Waals surface area contributed by atoms with Crippen molar-refractivity contribution in [2.75, 3.05) is 24.3 Å². The minimum atomic E-state index is 0.724. The molecule has 0 unspecified atom stereocenters. The van der Waals surface area contributed by atoms with Crippen LogP contribution < -0.4 is 10.2 Å². The second-order valence-corrected chi connectivity index (χ2v) is 7.05. The molecule has 0 amide bonds. The van der Waals surface area contributed by atoms with Gasteiger partial charge in [-0.3, -0.25) is 4.68 Å². The molecular weight excluding hydrogens is 388 g/mol. The van der Waals surface area contributed by atoms with E-state index in [0.29, 0.717) is 0 Å². The highest BCUT2D eigenvalue weighted by molar-refractivity contribution is 9.10. The first-order valence-electron chi connectivity index (χ1n) is 7.47. The van der Waals surface area contributed by atoms with Crippen molar-refractivity contribution in [3.05, 3.63) is 58.2 Å². The lowest BCUT2D eigenvalue weighted by atomic mass is 10.1. The van der Waals surface area contributed by atoms with E-state index in [0.717, 1.165) is 37.8 Å². The van der Waals surface area contributed by atoms with Gasteiger partial charge in [-0.1, -0.05) is 11.6 Å². The Balaban J connectivity index is 2.04. The van der Waals surface area contributed by atoms with Crippen LogP contribution in [0.1, 0.15) is 0 Å². The van der Waals surface area contributed by atoms with Crippen molar-refractivity contribution in [2.45, 2.75) is 0 Å². The van der Waals surface area contributed by atoms with Gasteiger partial charge in [0, 0.05) is 48.8 Å². The molecule has 2 aromatic carbocycles. The van der Waals surface area contributed by atoms with Crippen LogP contribution in [0, 0.1) is 0 Å². The third-order valence-corrected chi connectivity index (χ3v) is 4.57. The fraction of sp³-hybridized carbons (Fsp3) is 0.167. The number of rotatable bonds is 4. The summed E-state index contributed by atoms with van der Waals surface area (Å²) in [4.78, 5) is 2.08. The Morgan fingerprint density at radius 1 is 1.08 bits per heavy atom. The van der Waals surface area contributed by atoms with Crippen molar-refractivity contribution in [1.82, 2.24) is 9.78 Å². The van der Waals surface area contributed by atoms with Gasteiger partial charge in [0.05, 0.1) is 16.4 Å². The summed E-state index contributed by atoms with van der Waals surface area (Å²) in [5.74, 6) is 0. The van der Waals surface area contributed by atoms with Gasteiger partial charge in [0.25, 0.3) is 0 Å². The molecule has 3 aromatic rings. The van der Waals surface area contributed by atoms with Gasteiger partial charge >= 0.3 is 0 Å². The quantitative estimate of drug-likeness (QED) is 0.638. The first-order chi connectivity index (χ1) is 11.4. The molecule has 6 heteroatoms. The van der Waals surface area contributed by atoms with Crippen molar-refractivity contribution >= 4 is 44.6 Å². The minimum absolute atomic E-state index is 0.724. The van der Waals surface area contributed by atoms with Crippen molar-refractivity contribution in [2.24, 2.45) is 7.05 Å². The van der Waals surface area contributed by atoms with Gasteiger partial charge in [-0.05, 0) is 58.4 Å². The number of hydrogen-bond acceptors (Lipinski definition) is 3. The number of anilines is 3. The van der Waals surface area contributed by atoms with Crippen LogP contribution in [-0.2, 0) is 7.05 Å². The first-order valence-corrected chi connectivity index (χ1v) is 8.64. The van der Waals surface area contributed by atoms with Gasteiger partial charge in [0.1, 0.15) is 0 Å². The molecule has 4 nitrogen and oxygen atoms in total. The summed E-state index contributed by atoms with van der Waals surface area (Å²) in [5, 5.41) is 8.47. The zero-order chi connectivity index (χ0) is 17.3. The van der Waals surface area contributed by atoms with Crippen molar-refractivity contribution in [3.8, 4) is 11.3 Å². The molecule has 124 valence electrons. The molecule has 1 aromatic heterocycles. The van der Waals surface area contributed by atoms with Crippen LogP contribution >= 0.6 is 27.5 Å². The highest BCUT2D eigenvalue weighted by Crippen LogP contribution is 2.33. The summed E-state index contributed by atoms with van der Waals surface area (Å²) in [6.07, 6.45) is 1.81. The number of hydrogen-bond donors (Lipinski definition) is 1. The standard InChI is InChI=1S/C18H18BrClN4/c1-23(2)16-9-12(18-17(19)11-21-24(18)3)8-15(10-16)22-14-6-4-13(20)5-7-14/h4-11,22H,1-3H3. The minimum Gasteiger partial charge on any atom is -0.378 e. The van der Waals surface area contributed by atoms with Crippen molar-refractivity contribution in [1.29, 1.82) is 0 Å². The number of benzene rings is 2. The van der Waals surface area contributed by atoms with Gasteiger partial charge in [0.2, 0.25) is 0 Å². The third-order valence-electron chi connectivity index (χ3n) is 3.73. The Morgan fingerprint density at radius 3 is 2.38 bits per heavy atom. The third kappa shape index (κ3) is 3.57. The maximum Gasteiger partial charge on any atom is 0.0822 e. The molecule has 0 fully saturated rings. The lowest BCUT2D eigenvalue weighted by Gasteiger charge is -2.17. The summed E-state index contributed by atoms with van der Waals surface area (Å²) in [6.45, 7) is 0. The van der Waals surface area contributed by atoms with E-state index in [-0.39, 0.29) is 0 Å². The topological polar surface area (TPSA) is 33.1 Å². The number of nitrogens with one attached hydrogen (secondary N) is 1. The van der Waals surface area contributed by atoms with Gasteiger partial charge in [-0.25, -0.2) is 0 Å². The molecule has 0 bridgehead atoms. The zero-order valence-electron chi connectivity index (χ0n) is 13.7. The van der Waals surface area contributed by atoms with E-state index in [2.05, 4.69) is 49.4 Å². The Kier molecular flexibility index (Phi) is 4.83. The Morgan fingerprint density at radius 2 is 1.79 bits per heavy atom. The summed E-state index contributed by atoms with van der Waals surface area (Å²) in [6, 6.07) is 14.0. The maximum atomic E-state index is 5.96. The smallest absolute Gasteiger partial charge is 0.0822 e. The van der Waals surface area contributed by atoms with Crippen molar-refractivity contribution in [3.63, 3.8) is 0 Å². The molecule has 0 aliphatic rings. The molecule has 1 N–H and O–H groups in total. The van der Waals surface area contributed by atoms with Crippen molar-refractivity contribution < 1.29 is 0 Å². The highest BCUT2D eigenvalue weighted by Gasteiger charge is 2.12. The van der Waals surface area contributed by atoms with Gasteiger partial charge < -0.3 is 10.2 Å². The van der Waals surface area contributed by atoms with Gasteiger partial charge in [-0.2, -0.15) is 5.10 Å². The van der Waals surface area contributed by atoms with E-state index in [1.807, 2.05) is 56.3 Å². The van der Waals surface area contributed by atoms with Crippen LogP contribution in [0.4, 0.5) is 17.1 Å². The summed E-state index contributed by atoms with van der Waals surface area (Å²) < 4.78 is 2.84. The van der Waals surface area contributed by atoms with E-state index in [4.69, 9.17) is 11.6 Å². The summed E-state index contributed by atoms with van der Waals surface area (Å²) in [5.41, 5.74) is 5.23. The first kappa shape index (κ1) is 16.9. The average Bonchev–Trinajstić information content (AvgIpc) is 2.88. The molecular formula is C18H18BrClN4. The molecule has 3 rings (SSSR count). The fourth-order valence-electron chi connectivity index (χ4n) is 2.51. The molecule has 0 saturated carbocycles. The zero-order valence-corrected chi connectivity index (χ0v) is 16.1. The molecule has 0 spiro atoms. The second kappa shape index (κ2) is 6.87. The van der Waals surface area contributed by atoms with Gasteiger partial charge in [0.15, 0.2) is 0 Å². The van der Waals surface area contributed by atoms with E-state index >= 15 is 0 Å². The molecule has 0 aliphatic carbocycles. The Bertz CT molecular complexity index is 836. The lowest BCUT2D eigenvalue weighted by Crippen LogP contribution is -2.09. The van der Waals surface area contributed by atoms with Crippen LogP contribution in [0.15, 0.2) is 53.1 Å². The maximum absolute atomic E-state index is 5.96. The fourth-order valence-corrected chi connectivity index (χ4v) is 3.22. The number of nitrogens with zero attached hydrogens (tertiary/aromatic N) is 3. The molecule has 24 heavy (non-hydrogen) atoms. The molecule has 0 radical (unpaired) electrons. The monoisotopic (exact) mass is 404 g/mol. The van der Waals surface area contributed by atoms with E-state index in [1.165, 1.54) is 0 Å². The average molecular weight is 406 g/mol. The van der Waals surface area contributed by atoms with Crippen LogP contribution in [0.5, 0.6) is 0 Å². The largest absolute Gasteiger partial charge is 0.378 e. The molecule has 0 aliphatic heterocycles. The van der Waals surface area contributed by atoms with E-state index in [9.17, 15) is 0 Å². The summed E-state index contributed by atoms with van der Waals surface area (Å²) in [7, 11) is 6.00. The van der Waals surface area contributed by atoms with Crippen LogP contribution in [-0.4, -0.2) is 23.9 Å². The van der Waals surface area contributed by atoms with Crippen LogP contribution in [0.2, 0.25) is 5.02 Å². The SMILES string of the molecule is CN(C)c1cc(Nc2ccc(Cl)cc2)cc(-c2c(Br)cnn2C)c1. The highest BCUT2D eigenvalue weighted by atomic mass is 79.9. The predicted octanol–water partition coefficient (Wildman–Crippen LogP) is 5.31. The normalized spacial score (nSPS) is 10.7. The lowest BCUT2D eigenvalue weighted by molar-refractivity contribution is 0.776. The van der Waals surface area contributed by atoms with Gasteiger partial charge in [-0.15, -0.1) is 0 Å². The predicted molar refractivity (Wildman–Crippen MR) is 105 cm³/mol. The van der Waals surface area contributed by atoms with E-state index in [1.54, 1.807) is 0 Å². The Hall–Kier alpha value is -1.98. The Labute approximate surface area is 155 Å². The second-order valence-electron chi connectivity index (χ2n) is 5.76. The molecule has 0 saturated heterocycles. The number of aryl methyl sites for hydroxylation is 1. The number of halogens is 2. The van der Waals surface area contributed by atoms with Crippen LogP contribution in [0.3, 0.4) is 0 Å². The van der Waals surface area contributed by atoms with Crippen LogP contribution in [0.25, 0.3) is 11.3 Å². The molecule has 1 heterocycles. The molecule has 0 atom stereocenters. The number of aromatic nitrogens is 2. The van der Waals surface area contributed by atoms with E-state index < -0.39 is 0 Å².